The molecule has 3 heteroatoms. The minimum absolute atomic E-state index is 0.277. The number of aromatic nitrogens is 2. The summed E-state index contributed by atoms with van der Waals surface area (Å²) in [5.41, 5.74) is 2.69. The molecule has 2 aromatic rings. The van der Waals surface area contributed by atoms with Gasteiger partial charge < -0.3 is 9.67 Å². The molecule has 0 bridgehead atoms. The molecule has 0 saturated heterocycles. The molecule has 0 aliphatic carbocycles. The van der Waals surface area contributed by atoms with Crippen LogP contribution in [0.15, 0.2) is 24.3 Å². The number of rotatable bonds is 1. The van der Waals surface area contributed by atoms with E-state index in [2.05, 4.69) is 4.98 Å². The van der Waals surface area contributed by atoms with Crippen molar-refractivity contribution in [3.05, 3.63) is 35.7 Å². The summed E-state index contributed by atoms with van der Waals surface area (Å²) in [6, 6.07) is 5.81. The molecule has 1 aromatic heterocycles. The topological polar surface area (TPSA) is 38.1 Å². The van der Waals surface area contributed by atoms with E-state index in [1.165, 1.54) is 0 Å². The maximum Gasteiger partial charge on any atom is 0.120 e. The average Bonchev–Trinajstić information content (AvgIpc) is 2.54. The number of imidazole rings is 1. The van der Waals surface area contributed by atoms with E-state index in [4.69, 9.17) is 0 Å². The molecular formula is C12H14N2O. The summed E-state index contributed by atoms with van der Waals surface area (Å²) < 4.78 is 2.02. The minimum atomic E-state index is 0.277. The molecule has 0 saturated carbocycles. The predicted octanol–water partition coefficient (Wildman–Crippen LogP) is 2.80. The third kappa shape index (κ3) is 1.40. The Labute approximate surface area is 88.7 Å². The van der Waals surface area contributed by atoms with E-state index in [1.54, 1.807) is 6.08 Å². The van der Waals surface area contributed by atoms with Gasteiger partial charge in [0.15, 0.2) is 0 Å². The highest BCUT2D eigenvalue weighted by atomic mass is 16.3. The molecule has 1 aromatic carbocycles. The minimum Gasteiger partial charge on any atom is -0.508 e. The van der Waals surface area contributed by atoms with Gasteiger partial charge in [-0.25, -0.2) is 4.98 Å². The molecule has 0 unspecified atom stereocenters. The van der Waals surface area contributed by atoms with Crippen LogP contribution in [0, 0.1) is 6.92 Å². The highest BCUT2D eigenvalue weighted by molar-refractivity contribution is 5.87. The molecule has 3 nitrogen and oxygen atoms in total. The van der Waals surface area contributed by atoms with Crippen molar-refractivity contribution in [2.24, 2.45) is 7.05 Å². The predicted molar refractivity (Wildman–Crippen MR) is 61.7 cm³/mol. The number of benzene rings is 1. The Morgan fingerprint density at radius 3 is 2.87 bits per heavy atom. The lowest BCUT2D eigenvalue weighted by Gasteiger charge is -2.01. The molecule has 15 heavy (non-hydrogen) atoms. The molecular weight excluding hydrogens is 188 g/mol. The van der Waals surface area contributed by atoms with Crippen molar-refractivity contribution in [2.45, 2.75) is 13.8 Å². The first-order valence-electron chi connectivity index (χ1n) is 4.93. The van der Waals surface area contributed by atoms with Gasteiger partial charge >= 0.3 is 0 Å². The second-order valence-corrected chi connectivity index (χ2v) is 3.57. The van der Waals surface area contributed by atoms with E-state index in [1.807, 2.05) is 43.7 Å². The second-order valence-electron chi connectivity index (χ2n) is 3.57. The van der Waals surface area contributed by atoms with Gasteiger partial charge in [0.2, 0.25) is 0 Å². The van der Waals surface area contributed by atoms with Gasteiger partial charge in [-0.1, -0.05) is 6.07 Å². The van der Waals surface area contributed by atoms with E-state index in [0.29, 0.717) is 0 Å². The Hall–Kier alpha value is -1.77. The fourth-order valence-electron chi connectivity index (χ4n) is 1.69. The first-order chi connectivity index (χ1) is 7.15. The van der Waals surface area contributed by atoms with Crippen LogP contribution in [0.2, 0.25) is 0 Å². The van der Waals surface area contributed by atoms with E-state index >= 15 is 0 Å². The number of hydrogen-bond acceptors (Lipinski definition) is 2. The summed E-state index contributed by atoms with van der Waals surface area (Å²) in [5.74, 6) is 1.22. The summed E-state index contributed by atoms with van der Waals surface area (Å²) in [6.07, 6.45) is 1.68. The Morgan fingerprint density at radius 2 is 2.20 bits per heavy atom. The SMILES string of the molecule is C/C=C(\O)c1cccc2c1nc(C)n2C. The fraction of sp³-hybridized carbons (Fsp3) is 0.250. The Bertz CT molecular complexity index is 538. The van der Waals surface area contributed by atoms with Gasteiger partial charge in [0, 0.05) is 12.6 Å². The number of aliphatic hydroxyl groups is 1. The number of allylic oxidation sites excluding steroid dienone is 1. The summed E-state index contributed by atoms with van der Waals surface area (Å²) in [5, 5.41) is 9.74. The summed E-state index contributed by atoms with van der Waals surface area (Å²) in [7, 11) is 1.97. The number of fused-ring (bicyclic) bond motifs is 1. The van der Waals surface area contributed by atoms with Gasteiger partial charge in [0.1, 0.15) is 11.6 Å². The third-order valence-corrected chi connectivity index (χ3v) is 2.68. The number of aryl methyl sites for hydroxylation is 2. The number of hydrogen-bond donors (Lipinski definition) is 1. The molecule has 78 valence electrons. The van der Waals surface area contributed by atoms with Gasteiger partial charge in [-0.3, -0.25) is 0 Å². The summed E-state index contributed by atoms with van der Waals surface area (Å²) in [6.45, 7) is 3.76. The number of aliphatic hydroxyl groups excluding tert-OH is 1. The van der Waals surface area contributed by atoms with Crippen LogP contribution in [-0.2, 0) is 7.05 Å². The zero-order valence-corrected chi connectivity index (χ0v) is 9.15. The molecule has 0 aliphatic rings. The zero-order valence-electron chi connectivity index (χ0n) is 9.15. The Morgan fingerprint density at radius 1 is 1.47 bits per heavy atom. The lowest BCUT2D eigenvalue weighted by molar-refractivity contribution is 0.511. The largest absolute Gasteiger partial charge is 0.508 e. The van der Waals surface area contributed by atoms with Gasteiger partial charge in [0.25, 0.3) is 0 Å². The molecule has 0 radical (unpaired) electrons. The number of nitrogens with zero attached hydrogens (tertiary/aromatic N) is 2. The van der Waals surface area contributed by atoms with Crippen LogP contribution in [0.4, 0.5) is 0 Å². The molecule has 0 amide bonds. The third-order valence-electron chi connectivity index (χ3n) is 2.68. The summed E-state index contributed by atoms with van der Waals surface area (Å²) in [4.78, 5) is 4.44. The molecule has 1 heterocycles. The smallest absolute Gasteiger partial charge is 0.120 e. The van der Waals surface area contributed by atoms with Crippen LogP contribution in [0.1, 0.15) is 18.3 Å². The van der Waals surface area contributed by atoms with Crippen LogP contribution in [0.5, 0.6) is 0 Å². The Balaban J connectivity index is 2.83. The first-order valence-corrected chi connectivity index (χ1v) is 4.93. The van der Waals surface area contributed by atoms with Crippen molar-refractivity contribution in [1.29, 1.82) is 0 Å². The maximum atomic E-state index is 9.74. The molecule has 0 atom stereocenters. The molecule has 2 rings (SSSR count). The van der Waals surface area contributed by atoms with Crippen molar-refractivity contribution in [3.8, 4) is 0 Å². The van der Waals surface area contributed by atoms with Crippen molar-refractivity contribution < 1.29 is 5.11 Å². The van der Waals surface area contributed by atoms with E-state index in [0.717, 1.165) is 22.4 Å². The number of para-hydroxylation sites is 1. The van der Waals surface area contributed by atoms with Gasteiger partial charge in [-0.2, -0.15) is 0 Å². The molecule has 0 aliphatic heterocycles. The summed E-state index contributed by atoms with van der Waals surface area (Å²) >= 11 is 0. The monoisotopic (exact) mass is 202 g/mol. The normalized spacial score (nSPS) is 12.3. The van der Waals surface area contributed by atoms with Gasteiger partial charge in [-0.05, 0) is 32.1 Å². The van der Waals surface area contributed by atoms with Gasteiger partial charge in [-0.15, -0.1) is 0 Å². The van der Waals surface area contributed by atoms with E-state index < -0.39 is 0 Å². The lowest BCUT2D eigenvalue weighted by atomic mass is 10.1. The van der Waals surface area contributed by atoms with E-state index in [-0.39, 0.29) is 5.76 Å². The van der Waals surface area contributed by atoms with E-state index in [9.17, 15) is 5.11 Å². The highest BCUT2D eigenvalue weighted by Gasteiger charge is 2.10. The lowest BCUT2D eigenvalue weighted by Crippen LogP contribution is -1.90. The van der Waals surface area contributed by atoms with Gasteiger partial charge in [0.05, 0.1) is 11.0 Å². The highest BCUT2D eigenvalue weighted by Crippen LogP contribution is 2.23. The first kappa shape index (κ1) is 9.77. The standard InChI is InChI=1S/C12H14N2O/c1-4-11(15)9-6-5-7-10-12(9)13-8(2)14(10)3/h4-7,15H,1-3H3/b11-4-. The average molecular weight is 202 g/mol. The van der Waals surface area contributed by atoms with Crippen molar-refractivity contribution in [2.75, 3.05) is 0 Å². The second kappa shape index (κ2) is 3.42. The van der Waals surface area contributed by atoms with Crippen LogP contribution in [0.25, 0.3) is 16.8 Å². The molecule has 0 spiro atoms. The van der Waals surface area contributed by atoms with Crippen molar-refractivity contribution >= 4 is 16.8 Å². The fourth-order valence-corrected chi connectivity index (χ4v) is 1.69. The van der Waals surface area contributed by atoms with Crippen molar-refractivity contribution in [1.82, 2.24) is 9.55 Å². The Kier molecular flexibility index (Phi) is 2.23. The zero-order chi connectivity index (χ0) is 11.0. The van der Waals surface area contributed by atoms with Crippen LogP contribution < -0.4 is 0 Å². The molecule has 1 N–H and O–H groups in total. The van der Waals surface area contributed by atoms with Crippen LogP contribution in [0.3, 0.4) is 0 Å². The van der Waals surface area contributed by atoms with Crippen molar-refractivity contribution in [3.63, 3.8) is 0 Å². The maximum absolute atomic E-state index is 9.74. The molecule has 0 fully saturated rings. The van der Waals surface area contributed by atoms with Crippen LogP contribution in [-0.4, -0.2) is 14.7 Å². The quantitative estimate of drug-likeness (QED) is 0.722. The van der Waals surface area contributed by atoms with Crippen LogP contribution >= 0.6 is 0 Å².